The van der Waals surface area contributed by atoms with E-state index in [1.807, 2.05) is 11.5 Å². The number of aryl methyl sites for hydroxylation is 1. The van der Waals surface area contributed by atoms with Crippen LogP contribution in [-0.2, 0) is 19.5 Å². The van der Waals surface area contributed by atoms with E-state index in [4.69, 9.17) is 5.10 Å². The summed E-state index contributed by atoms with van der Waals surface area (Å²) in [5, 5.41) is 8.12. The second-order valence-corrected chi connectivity index (χ2v) is 7.48. The van der Waals surface area contributed by atoms with Crippen LogP contribution in [0.2, 0.25) is 0 Å². The molecule has 1 N–H and O–H groups in total. The maximum Gasteiger partial charge on any atom is 0.345 e. The van der Waals surface area contributed by atoms with Gasteiger partial charge in [-0.25, -0.2) is 9.48 Å². The van der Waals surface area contributed by atoms with Crippen LogP contribution in [0.3, 0.4) is 0 Å². The Hall–Kier alpha value is -1.14. The summed E-state index contributed by atoms with van der Waals surface area (Å²) < 4.78 is 3.61. The monoisotopic (exact) mass is 335 g/mol. The van der Waals surface area contributed by atoms with Gasteiger partial charge in [-0.05, 0) is 71.6 Å². The molecule has 24 heavy (non-hydrogen) atoms. The summed E-state index contributed by atoms with van der Waals surface area (Å²) >= 11 is 0. The van der Waals surface area contributed by atoms with Crippen molar-refractivity contribution in [3.63, 3.8) is 0 Å². The minimum Gasteiger partial charge on any atom is -0.317 e. The molecule has 1 atom stereocenters. The number of nitrogens with zero attached hydrogens (tertiary/aromatic N) is 4. The fraction of sp³-hybridized carbons (Fsp3) is 0.889. The summed E-state index contributed by atoms with van der Waals surface area (Å²) in [6.45, 7) is 6.90. The highest BCUT2D eigenvalue weighted by Crippen LogP contribution is 2.19. The molecule has 0 spiro atoms. The molecular formula is C18H33N5O. The Kier molecular flexibility index (Phi) is 6.11. The minimum atomic E-state index is 0.0832. The van der Waals surface area contributed by atoms with Crippen molar-refractivity contribution in [1.29, 1.82) is 0 Å². The number of nitrogens with one attached hydrogen (secondary N) is 1. The number of hydrogen-bond acceptors (Lipinski definition) is 4. The van der Waals surface area contributed by atoms with Gasteiger partial charge in [-0.2, -0.15) is 5.10 Å². The van der Waals surface area contributed by atoms with Crippen molar-refractivity contribution in [2.45, 2.75) is 71.0 Å². The summed E-state index contributed by atoms with van der Waals surface area (Å²) in [6, 6.07) is 0.602. The predicted octanol–water partition coefficient (Wildman–Crippen LogP) is 1.48. The van der Waals surface area contributed by atoms with E-state index in [2.05, 4.69) is 17.3 Å². The lowest BCUT2D eigenvalue weighted by atomic mass is 9.94. The quantitative estimate of drug-likeness (QED) is 0.856. The van der Waals surface area contributed by atoms with E-state index in [9.17, 15) is 4.79 Å². The van der Waals surface area contributed by atoms with Crippen LogP contribution in [0.4, 0.5) is 0 Å². The molecule has 1 aromatic heterocycles. The Labute approximate surface area is 145 Å². The third kappa shape index (κ3) is 4.09. The number of rotatable bonds is 6. The summed E-state index contributed by atoms with van der Waals surface area (Å²) in [6.07, 6.45) is 8.23. The summed E-state index contributed by atoms with van der Waals surface area (Å²) in [4.78, 5) is 15.1. The van der Waals surface area contributed by atoms with E-state index in [0.717, 1.165) is 44.8 Å². The highest BCUT2D eigenvalue weighted by molar-refractivity contribution is 4.91. The van der Waals surface area contributed by atoms with Gasteiger partial charge < -0.3 is 10.2 Å². The maximum absolute atomic E-state index is 12.7. The molecule has 1 aromatic rings. The van der Waals surface area contributed by atoms with Crippen molar-refractivity contribution in [1.82, 2.24) is 24.6 Å². The van der Waals surface area contributed by atoms with E-state index >= 15 is 0 Å². The van der Waals surface area contributed by atoms with Crippen LogP contribution in [0.1, 0.15) is 51.3 Å². The first kappa shape index (κ1) is 17.7. The van der Waals surface area contributed by atoms with Crippen molar-refractivity contribution in [2.75, 3.05) is 26.7 Å². The second kappa shape index (κ2) is 8.30. The van der Waals surface area contributed by atoms with Crippen LogP contribution in [-0.4, -0.2) is 52.0 Å². The lowest BCUT2D eigenvalue weighted by Gasteiger charge is -2.32. The van der Waals surface area contributed by atoms with Crippen LogP contribution in [0.15, 0.2) is 4.79 Å². The molecule has 2 saturated heterocycles. The van der Waals surface area contributed by atoms with Gasteiger partial charge in [0.1, 0.15) is 5.82 Å². The normalized spacial score (nSPS) is 23.7. The van der Waals surface area contributed by atoms with Crippen LogP contribution >= 0.6 is 0 Å². The van der Waals surface area contributed by atoms with Gasteiger partial charge in [-0.15, -0.1) is 0 Å². The van der Waals surface area contributed by atoms with Crippen molar-refractivity contribution in [3.05, 3.63) is 16.3 Å². The lowest BCUT2D eigenvalue weighted by molar-refractivity contribution is 0.169. The van der Waals surface area contributed by atoms with Crippen LogP contribution in [0.5, 0.6) is 0 Å². The molecule has 6 nitrogen and oxygen atoms in total. The first-order valence-electron chi connectivity index (χ1n) is 9.76. The highest BCUT2D eigenvalue weighted by Gasteiger charge is 2.22. The van der Waals surface area contributed by atoms with E-state index in [1.165, 1.54) is 38.6 Å². The maximum atomic E-state index is 12.7. The van der Waals surface area contributed by atoms with Gasteiger partial charge in [0.05, 0.1) is 0 Å². The van der Waals surface area contributed by atoms with Crippen LogP contribution < -0.4 is 11.0 Å². The molecule has 0 aromatic carbocycles. The standard InChI is InChI=1S/C18H33N5O/c1-3-22-17(14-15-7-10-19-11-8-15)20-23(18(22)24)13-9-16-6-4-5-12-21(16)2/h15-16,19H,3-14H2,1-2H3/t16-/m0/s1. The van der Waals surface area contributed by atoms with Gasteiger partial charge in [-0.1, -0.05) is 6.42 Å². The largest absolute Gasteiger partial charge is 0.345 e. The number of aromatic nitrogens is 3. The first-order valence-corrected chi connectivity index (χ1v) is 9.76. The lowest BCUT2D eigenvalue weighted by Crippen LogP contribution is -2.37. The molecule has 6 heteroatoms. The summed E-state index contributed by atoms with van der Waals surface area (Å²) in [5.74, 6) is 1.66. The SMILES string of the molecule is CCn1c(CC2CCNCC2)nn(CC[C@@H]2CCCCN2C)c1=O. The molecule has 0 amide bonds. The van der Waals surface area contributed by atoms with E-state index < -0.39 is 0 Å². The fourth-order valence-electron chi connectivity index (χ4n) is 4.22. The average molecular weight is 335 g/mol. The molecule has 0 unspecified atom stereocenters. The zero-order valence-electron chi connectivity index (χ0n) is 15.3. The predicted molar refractivity (Wildman–Crippen MR) is 96.3 cm³/mol. The summed E-state index contributed by atoms with van der Waals surface area (Å²) in [7, 11) is 2.21. The highest BCUT2D eigenvalue weighted by atomic mass is 16.2. The summed E-state index contributed by atoms with van der Waals surface area (Å²) in [5.41, 5.74) is 0.0832. The topological polar surface area (TPSA) is 55.1 Å². The second-order valence-electron chi connectivity index (χ2n) is 7.48. The third-order valence-corrected chi connectivity index (χ3v) is 5.84. The third-order valence-electron chi connectivity index (χ3n) is 5.84. The van der Waals surface area contributed by atoms with Crippen molar-refractivity contribution < 1.29 is 0 Å². The number of piperidine rings is 2. The Morgan fingerprint density at radius 3 is 2.71 bits per heavy atom. The molecule has 2 fully saturated rings. The zero-order valence-corrected chi connectivity index (χ0v) is 15.3. The fourth-order valence-corrected chi connectivity index (χ4v) is 4.22. The molecule has 0 radical (unpaired) electrons. The molecule has 136 valence electrons. The number of hydrogen-bond donors (Lipinski definition) is 1. The first-order chi connectivity index (χ1) is 11.7. The van der Waals surface area contributed by atoms with Gasteiger partial charge in [0.15, 0.2) is 0 Å². The minimum absolute atomic E-state index is 0.0832. The van der Waals surface area contributed by atoms with Crippen LogP contribution in [0.25, 0.3) is 0 Å². The molecule has 2 aliphatic heterocycles. The van der Waals surface area contributed by atoms with Crippen molar-refractivity contribution in [3.8, 4) is 0 Å². The van der Waals surface area contributed by atoms with Gasteiger partial charge in [0.2, 0.25) is 0 Å². The molecule has 3 heterocycles. The molecule has 3 rings (SSSR count). The van der Waals surface area contributed by atoms with Gasteiger partial charge >= 0.3 is 5.69 Å². The van der Waals surface area contributed by atoms with Gasteiger partial charge in [0.25, 0.3) is 0 Å². The Balaban J connectivity index is 1.65. The Morgan fingerprint density at radius 2 is 2.00 bits per heavy atom. The van der Waals surface area contributed by atoms with E-state index in [1.54, 1.807) is 4.68 Å². The Bertz CT molecular complexity index is 572. The molecule has 0 bridgehead atoms. The number of likely N-dealkylation sites (tertiary alicyclic amines) is 1. The smallest absolute Gasteiger partial charge is 0.317 e. The average Bonchev–Trinajstić information content (AvgIpc) is 2.90. The zero-order chi connectivity index (χ0) is 16.9. The van der Waals surface area contributed by atoms with Crippen LogP contribution in [0, 0.1) is 5.92 Å². The molecular weight excluding hydrogens is 302 g/mol. The molecule has 2 aliphatic rings. The van der Waals surface area contributed by atoms with E-state index in [-0.39, 0.29) is 5.69 Å². The Morgan fingerprint density at radius 1 is 1.21 bits per heavy atom. The van der Waals surface area contributed by atoms with Gasteiger partial charge in [-0.3, -0.25) is 4.57 Å². The van der Waals surface area contributed by atoms with Crippen molar-refractivity contribution >= 4 is 0 Å². The van der Waals surface area contributed by atoms with Gasteiger partial charge in [0, 0.05) is 25.6 Å². The van der Waals surface area contributed by atoms with Crippen molar-refractivity contribution in [2.24, 2.45) is 5.92 Å². The van der Waals surface area contributed by atoms with E-state index in [0.29, 0.717) is 12.0 Å². The molecule has 0 saturated carbocycles. The molecule has 0 aliphatic carbocycles.